The van der Waals surface area contributed by atoms with Crippen molar-refractivity contribution in [1.29, 1.82) is 0 Å². The largest absolute Gasteiger partial charge is 0.394 e. The Labute approximate surface area is 317 Å². The first-order valence-electron chi connectivity index (χ1n) is 18.0. The fourth-order valence-electron chi connectivity index (χ4n) is 7.58. The maximum Gasteiger partial charge on any atom is 0.187 e. The van der Waals surface area contributed by atoms with Gasteiger partial charge in [-0.15, -0.1) is 0 Å². The summed E-state index contributed by atoms with van der Waals surface area (Å²) in [7, 11) is 0. The fourth-order valence-corrected chi connectivity index (χ4v) is 7.58. The third-order valence-corrected chi connectivity index (χ3v) is 10.9. The van der Waals surface area contributed by atoms with E-state index in [1.54, 1.807) is 0 Å². The van der Waals surface area contributed by atoms with Crippen LogP contribution in [0.5, 0.6) is 0 Å². The minimum atomic E-state index is -2.09. The summed E-state index contributed by atoms with van der Waals surface area (Å²) in [4.78, 5) is 0. The Morgan fingerprint density at radius 3 is 1.09 bits per heavy atom. The Kier molecular flexibility index (Phi) is 16.1. The molecule has 0 amide bonds. The number of rotatable bonds is 13. The lowest BCUT2D eigenvalue weighted by Crippen LogP contribution is -2.67. The second kappa shape index (κ2) is 19.6. The summed E-state index contributed by atoms with van der Waals surface area (Å²) in [5.74, 6) is -1.21. The van der Waals surface area contributed by atoms with E-state index >= 15 is 0 Å². The summed E-state index contributed by atoms with van der Waals surface area (Å²) in [5, 5.41) is 176. The molecule has 0 aromatic heterocycles. The van der Waals surface area contributed by atoms with Crippen LogP contribution >= 0.6 is 0 Å². The van der Waals surface area contributed by atoms with Crippen molar-refractivity contribution in [1.82, 2.24) is 0 Å². The average Bonchev–Trinajstić information content (AvgIpc) is 3.19. The van der Waals surface area contributed by atoms with E-state index in [0.29, 0.717) is 0 Å². The minimum Gasteiger partial charge on any atom is -0.394 e. The summed E-state index contributed by atoms with van der Waals surface area (Å²) < 4.78 is 44.0. The maximum atomic E-state index is 11.1. The normalized spacial score (nSPS) is 53.2. The quantitative estimate of drug-likeness (QED) is 0.0819. The molecule has 5 rings (SSSR count). The molecule has 25 atom stereocenters. The third-order valence-electron chi connectivity index (χ3n) is 10.9. The lowest BCUT2D eigenvalue weighted by atomic mass is 9.81. The van der Waals surface area contributed by atoms with E-state index in [1.165, 1.54) is 0 Å². The van der Waals surface area contributed by atoms with Crippen molar-refractivity contribution in [3.8, 4) is 0 Å². The molecule has 25 heteroatoms. The third kappa shape index (κ3) is 9.17. The van der Waals surface area contributed by atoms with Crippen LogP contribution in [0.2, 0.25) is 0 Å². The van der Waals surface area contributed by atoms with Gasteiger partial charge in [0.15, 0.2) is 25.2 Å². The van der Waals surface area contributed by atoms with E-state index in [4.69, 9.17) is 37.9 Å². The highest BCUT2D eigenvalue weighted by molar-refractivity contribution is 4.99. The molecule has 0 spiro atoms. The standard InChI is InChI=1S/C31H54O25/c32-2-9-7(1-8-15(38)17(40)16(39)10(3-33)49-8)14(37)22(45)29(51-9)55-26-12(5-35)53-31(24(47)19(26)42)56-27-13(6-36)52-30(23(46)20(27)43)54-25-11(4-34)50-28(48)21(44)18(25)41/h7-48H,1-6H2. The van der Waals surface area contributed by atoms with E-state index in [2.05, 4.69) is 0 Å². The molecule has 25 unspecified atom stereocenters. The molecule has 0 saturated carbocycles. The first-order chi connectivity index (χ1) is 26.5. The molecule has 25 nitrogen and oxygen atoms in total. The molecular weight excluding hydrogens is 772 g/mol. The van der Waals surface area contributed by atoms with Crippen LogP contribution < -0.4 is 0 Å². The van der Waals surface area contributed by atoms with Crippen molar-refractivity contribution in [2.24, 2.45) is 5.92 Å². The molecule has 0 aromatic rings. The Morgan fingerprint density at radius 1 is 0.304 bits per heavy atom. The number of ether oxygens (including phenoxy) is 8. The molecule has 56 heavy (non-hydrogen) atoms. The highest BCUT2D eigenvalue weighted by atomic mass is 16.8. The van der Waals surface area contributed by atoms with Crippen molar-refractivity contribution in [3.05, 3.63) is 0 Å². The van der Waals surface area contributed by atoms with Crippen LogP contribution in [0.15, 0.2) is 0 Å². The van der Waals surface area contributed by atoms with Gasteiger partial charge in [0.25, 0.3) is 0 Å². The molecule has 0 aromatic carbocycles. The highest BCUT2D eigenvalue weighted by Crippen LogP contribution is 2.37. The SMILES string of the molecule is OCC1OC(CC2C(CO)OC(OC3C(CO)OC(OC4C(CO)OC(OC5C(CO)OC(O)C(O)C5O)C(O)C4O)C(O)C3O)C(O)C2O)C(O)C(O)C1O. The van der Waals surface area contributed by atoms with Crippen LogP contribution in [-0.4, -0.2) is 267 Å². The van der Waals surface area contributed by atoms with Crippen LogP contribution in [0, 0.1) is 5.92 Å². The van der Waals surface area contributed by atoms with Gasteiger partial charge >= 0.3 is 0 Å². The first kappa shape index (κ1) is 46.1. The number of aliphatic hydroxyl groups excluding tert-OH is 17. The van der Waals surface area contributed by atoms with E-state index in [-0.39, 0.29) is 6.42 Å². The Balaban J connectivity index is 1.22. The molecule has 5 aliphatic rings. The summed E-state index contributed by atoms with van der Waals surface area (Å²) in [6, 6.07) is 0. The Bertz CT molecular complexity index is 1200. The van der Waals surface area contributed by atoms with Gasteiger partial charge in [-0.3, -0.25) is 0 Å². The summed E-state index contributed by atoms with van der Waals surface area (Å²) in [6.45, 7) is -4.26. The number of hydrogen-bond donors (Lipinski definition) is 17. The molecule has 0 aliphatic carbocycles. The van der Waals surface area contributed by atoms with Crippen LogP contribution in [0.25, 0.3) is 0 Å². The molecule has 0 radical (unpaired) electrons. The lowest BCUT2D eigenvalue weighted by Gasteiger charge is -2.49. The zero-order chi connectivity index (χ0) is 41.3. The molecule has 5 saturated heterocycles. The first-order valence-corrected chi connectivity index (χ1v) is 18.0. The Hall–Kier alpha value is -1.00. The van der Waals surface area contributed by atoms with Crippen LogP contribution in [0.3, 0.4) is 0 Å². The van der Waals surface area contributed by atoms with Gasteiger partial charge in [0, 0.05) is 5.92 Å². The van der Waals surface area contributed by atoms with Crippen LogP contribution in [0.1, 0.15) is 6.42 Å². The smallest absolute Gasteiger partial charge is 0.187 e. The second-order valence-corrected chi connectivity index (χ2v) is 14.4. The van der Waals surface area contributed by atoms with Crippen molar-refractivity contribution in [3.63, 3.8) is 0 Å². The lowest BCUT2D eigenvalue weighted by molar-refractivity contribution is -0.387. The molecule has 5 aliphatic heterocycles. The monoisotopic (exact) mass is 826 g/mol. The van der Waals surface area contributed by atoms with Crippen molar-refractivity contribution < 1.29 is 125 Å². The molecule has 328 valence electrons. The number of hydrogen-bond acceptors (Lipinski definition) is 25. The predicted octanol–water partition coefficient (Wildman–Crippen LogP) is -11.3. The maximum absolute atomic E-state index is 11.1. The summed E-state index contributed by atoms with van der Waals surface area (Å²) >= 11 is 0. The molecular formula is C31H54O25. The van der Waals surface area contributed by atoms with Gasteiger partial charge in [-0.2, -0.15) is 0 Å². The molecule has 5 fully saturated rings. The van der Waals surface area contributed by atoms with E-state index in [9.17, 15) is 86.8 Å². The zero-order valence-corrected chi connectivity index (χ0v) is 29.5. The van der Waals surface area contributed by atoms with Gasteiger partial charge in [0.05, 0.1) is 51.3 Å². The minimum absolute atomic E-state index is 0.371. The average molecular weight is 827 g/mol. The van der Waals surface area contributed by atoms with E-state index in [1.807, 2.05) is 0 Å². The topological polar surface area (TPSA) is 418 Å². The van der Waals surface area contributed by atoms with Crippen molar-refractivity contribution in [2.45, 2.75) is 154 Å². The summed E-state index contributed by atoms with van der Waals surface area (Å²) in [5.41, 5.74) is 0. The van der Waals surface area contributed by atoms with Gasteiger partial charge in [-0.05, 0) is 6.42 Å². The Morgan fingerprint density at radius 2 is 0.661 bits per heavy atom. The van der Waals surface area contributed by atoms with Gasteiger partial charge < -0.3 is 125 Å². The van der Waals surface area contributed by atoms with Crippen molar-refractivity contribution >= 4 is 0 Å². The predicted molar refractivity (Wildman–Crippen MR) is 170 cm³/mol. The van der Waals surface area contributed by atoms with Crippen LogP contribution in [-0.2, 0) is 37.9 Å². The van der Waals surface area contributed by atoms with Gasteiger partial charge in [-0.25, -0.2) is 0 Å². The number of aliphatic hydroxyl groups is 17. The molecule has 0 bridgehead atoms. The van der Waals surface area contributed by atoms with Gasteiger partial charge in [-0.1, -0.05) is 0 Å². The van der Waals surface area contributed by atoms with E-state index in [0.717, 1.165) is 0 Å². The highest BCUT2D eigenvalue weighted by Gasteiger charge is 2.56. The molecule has 5 heterocycles. The van der Waals surface area contributed by atoms with Gasteiger partial charge in [0.2, 0.25) is 0 Å². The van der Waals surface area contributed by atoms with E-state index < -0.39 is 186 Å². The van der Waals surface area contributed by atoms with Gasteiger partial charge in [0.1, 0.15) is 104 Å². The fraction of sp³-hybridized carbons (Fsp3) is 1.00. The second-order valence-electron chi connectivity index (χ2n) is 14.4. The van der Waals surface area contributed by atoms with Crippen molar-refractivity contribution in [2.75, 3.05) is 33.0 Å². The summed E-state index contributed by atoms with van der Waals surface area (Å²) in [6.07, 6.45) is -42.5. The molecule has 17 N–H and O–H groups in total. The van der Waals surface area contributed by atoms with Crippen LogP contribution in [0.4, 0.5) is 0 Å². The zero-order valence-electron chi connectivity index (χ0n) is 29.5.